The molecule has 5 unspecified atom stereocenters. The van der Waals surface area contributed by atoms with E-state index in [0.717, 1.165) is 0 Å². The van der Waals surface area contributed by atoms with E-state index in [1.54, 1.807) is 0 Å². The number of aliphatic carboxylic acids is 1. The number of guanidine groups is 1. The molecule has 0 spiro atoms. The molecule has 0 aliphatic carbocycles. The van der Waals surface area contributed by atoms with Crippen LogP contribution in [0.4, 0.5) is 0 Å². The van der Waals surface area contributed by atoms with Crippen molar-refractivity contribution in [3.05, 3.63) is 0 Å². The van der Waals surface area contributed by atoms with Gasteiger partial charge in [-0.2, -0.15) is 11.8 Å². The van der Waals surface area contributed by atoms with Gasteiger partial charge in [-0.3, -0.25) is 19.4 Å². The quantitative estimate of drug-likeness (QED) is 0.0569. The molecular weight excluding hydrogens is 458 g/mol. The van der Waals surface area contributed by atoms with Gasteiger partial charge in [0.1, 0.15) is 18.1 Å². The van der Waals surface area contributed by atoms with Crippen molar-refractivity contribution in [2.24, 2.45) is 22.2 Å². The minimum absolute atomic E-state index is 0.000165. The molecule has 0 heterocycles. The molecular formula is C18H35N7O7S. The lowest BCUT2D eigenvalue weighted by atomic mass is 10.1. The normalized spacial score (nSPS) is 15.3. The third kappa shape index (κ3) is 12.3. The summed E-state index contributed by atoms with van der Waals surface area (Å²) in [6.45, 7) is 0.541. The van der Waals surface area contributed by atoms with E-state index in [2.05, 4.69) is 20.9 Å². The zero-order valence-electron chi connectivity index (χ0n) is 18.7. The van der Waals surface area contributed by atoms with Crippen molar-refractivity contribution >= 4 is 41.4 Å². The summed E-state index contributed by atoms with van der Waals surface area (Å²) in [5.41, 5.74) is 16.3. The van der Waals surface area contributed by atoms with Crippen molar-refractivity contribution in [1.82, 2.24) is 16.0 Å². The lowest BCUT2D eigenvalue weighted by Gasteiger charge is -2.26. The van der Waals surface area contributed by atoms with E-state index < -0.39 is 60.6 Å². The fourth-order valence-corrected chi connectivity index (χ4v) is 3.02. The van der Waals surface area contributed by atoms with Gasteiger partial charge in [-0.05, 0) is 38.2 Å². The summed E-state index contributed by atoms with van der Waals surface area (Å²) in [5, 5.41) is 35.0. The second-order valence-electron chi connectivity index (χ2n) is 7.21. The number of thioether (sulfide) groups is 1. The lowest BCUT2D eigenvalue weighted by Crippen LogP contribution is -2.60. The second kappa shape index (κ2) is 16.1. The maximum atomic E-state index is 12.8. The van der Waals surface area contributed by atoms with Crippen LogP contribution in [0.3, 0.4) is 0 Å². The first-order valence-electron chi connectivity index (χ1n) is 10.2. The van der Waals surface area contributed by atoms with Crippen LogP contribution in [0, 0.1) is 0 Å². The number of amides is 3. The Morgan fingerprint density at radius 2 is 1.61 bits per heavy atom. The lowest BCUT2D eigenvalue weighted by molar-refractivity contribution is -0.143. The number of carbonyl (C=O) groups is 4. The highest BCUT2D eigenvalue weighted by Crippen LogP contribution is 2.04. The Labute approximate surface area is 196 Å². The Bertz CT molecular complexity index is 689. The van der Waals surface area contributed by atoms with Gasteiger partial charge in [0.15, 0.2) is 5.96 Å². The standard InChI is InChI=1S/C18H35N7O7S/c1-9(27)13(25-14(28)10(19)5-7-33-2)16(30)23-11(4-3-6-22-18(20)21)15(29)24-12(8-26)17(31)32/h9-13,26-27H,3-8,19H2,1-2H3,(H,23,30)(H,24,29)(H,25,28)(H,31,32)(H4,20,21,22). The van der Waals surface area contributed by atoms with Gasteiger partial charge in [-0.15, -0.1) is 0 Å². The van der Waals surface area contributed by atoms with E-state index >= 15 is 0 Å². The molecule has 0 aromatic rings. The van der Waals surface area contributed by atoms with Crippen LogP contribution in [0.15, 0.2) is 4.99 Å². The van der Waals surface area contributed by atoms with E-state index in [9.17, 15) is 24.3 Å². The van der Waals surface area contributed by atoms with Crippen LogP contribution in [0.5, 0.6) is 0 Å². The summed E-state index contributed by atoms with van der Waals surface area (Å²) < 4.78 is 0. The summed E-state index contributed by atoms with van der Waals surface area (Å²) in [4.78, 5) is 52.5. The Kier molecular flexibility index (Phi) is 14.8. The van der Waals surface area contributed by atoms with E-state index in [0.29, 0.717) is 12.2 Å². The average molecular weight is 494 g/mol. The van der Waals surface area contributed by atoms with E-state index in [1.807, 2.05) is 6.26 Å². The van der Waals surface area contributed by atoms with Crippen molar-refractivity contribution in [3.63, 3.8) is 0 Å². The molecule has 0 saturated heterocycles. The maximum absolute atomic E-state index is 12.8. The van der Waals surface area contributed by atoms with Crippen molar-refractivity contribution in [3.8, 4) is 0 Å². The number of aliphatic hydroxyl groups is 2. The summed E-state index contributed by atoms with van der Waals surface area (Å²) in [5.74, 6) is -3.43. The Morgan fingerprint density at radius 1 is 1.00 bits per heavy atom. The molecule has 0 aliphatic rings. The van der Waals surface area contributed by atoms with Gasteiger partial charge in [-0.1, -0.05) is 0 Å². The minimum Gasteiger partial charge on any atom is -0.480 e. The summed E-state index contributed by atoms with van der Waals surface area (Å²) in [7, 11) is 0. The van der Waals surface area contributed by atoms with Crippen LogP contribution in [0.25, 0.3) is 0 Å². The van der Waals surface area contributed by atoms with Gasteiger partial charge in [-0.25, -0.2) is 4.79 Å². The summed E-state index contributed by atoms with van der Waals surface area (Å²) >= 11 is 1.49. The van der Waals surface area contributed by atoms with Gasteiger partial charge in [0.2, 0.25) is 17.7 Å². The molecule has 14 nitrogen and oxygen atoms in total. The Balaban J connectivity index is 5.40. The van der Waals surface area contributed by atoms with Gasteiger partial charge in [0, 0.05) is 6.54 Å². The third-order valence-corrected chi connectivity index (χ3v) is 5.05. The Hall–Kier alpha value is -2.62. The smallest absolute Gasteiger partial charge is 0.328 e. The number of carbonyl (C=O) groups excluding carboxylic acids is 3. The number of nitrogens with two attached hydrogens (primary N) is 3. The number of carboxylic acids is 1. The highest BCUT2D eigenvalue weighted by atomic mass is 32.2. The maximum Gasteiger partial charge on any atom is 0.328 e. The predicted molar refractivity (Wildman–Crippen MR) is 123 cm³/mol. The topological polar surface area (TPSA) is 255 Å². The molecule has 0 aliphatic heterocycles. The van der Waals surface area contributed by atoms with Gasteiger partial charge < -0.3 is 48.5 Å². The molecule has 33 heavy (non-hydrogen) atoms. The summed E-state index contributed by atoms with van der Waals surface area (Å²) in [6, 6.07) is -5.16. The molecule has 0 saturated carbocycles. The number of hydrogen-bond acceptors (Lipinski definition) is 9. The van der Waals surface area contributed by atoms with Crippen molar-refractivity contribution in [2.45, 2.75) is 56.5 Å². The highest BCUT2D eigenvalue weighted by molar-refractivity contribution is 7.98. The van der Waals surface area contributed by atoms with E-state index in [4.69, 9.17) is 27.4 Å². The second-order valence-corrected chi connectivity index (χ2v) is 8.19. The highest BCUT2D eigenvalue weighted by Gasteiger charge is 2.32. The number of carboxylic acid groups (broad SMARTS) is 1. The predicted octanol–water partition coefficient (Wildman–Crippen LogP) is -3.97. The number of hydrogen-bond donors (Lipinski definition) is 9. The molecule has 0 aromatic heterocycles. The molecule has 0 bridgehead atoms. The molecule has 0 rings (SSSR count). The van der Waals surface area contributed by atoms with Crippen molar-refractivity contribution in [2.75, 3.05) is 25.2 Å². The first kappa shape index (κ1) is 30.4. The van der Waals surface area contributed by atoms with Crippen LogP contribution in [0.2, 0.25) is 0 Å². The van der Waals surface area contributed by atoms with E-state index in [-0.39, 0.29) is 25.3 Å². The molecule has 15 heteroatoms. The number of aliphatic hydroxyl groups excluding tert-OH is 2. The zero-order chi connectivity index (χ0) is 25.6. The molecule has 190 valence electrons. The fourth-order valence-electron chi connectivity index (χ4n) is 2.53. The Morgan fingerprint density at radius 3 is 2.09 bits per heavy atom. The van der Waals surface area contributed by atoms with Crippen molar-refractivity contribution in [1.29, 1.82) is 0 Å². The molecule has 0 radical (unpaired) electrons. The number of rotatable bonds is 16. The fraction of sp³-hybridized carbons (Fsp3) is 0.722. The average Bonchev–Trinajstić information content (AvgIpc) is 2.74. The minimum atomic E-state index is -1.59. The summed E-state index contributed by atoms with van der Waals surface area (Å²) in [6.07, 6.45) is 1.12. The molecule has 5 atom stereocenters. The van der Waals surface area contributed by atoms with Crippen LogP contribution < -0.4 is 33.2 Å². The monoisotopic (exact) mass is 493 g/mol. The number of nitrogens with one attached hydrogen (secondary N) is 3. The molecule has 0 aromatic carbocycles. The third-order valence-electron chi connectivity index (χ3n) is 4.41. The van der Waals surface area contributed by atoms with Crippen LogP contribution in [0.1, 0.15) is 26.2 Å². The first-order chi connectivity index (χ1) is 15.4. The molecule has 0 fully saturated rings. The van der Waals surface area contributed by atoms with Gasteiger partial charge >= 0.3 is 5.97 Å². The van der Waals surface area contributed by atoms with Crippen LogP contribution in [-0.4, -0.2) is 100 Å². The van der Waals surface area contributed by atoms with E-state index in [1.165, 1.54) is 18.7 Å². The number of aliphatic imine (C=N–C) groups is 1. The number of nitrogens with zero attached hydrogens (tertiary/aromatic N) is 1. The van der Waals surface area contributed by atoms with Gasteiger partial charge in [0.05, 0.1) is 18.8 Å². The van der Waals surface area contributed by atoms with Crippen molar-refractivity contribution < 1.29 is 34.5 Å². The largest absolute Gasteiger partial charge is 0.480 e. The first-order valence-corrected chi connectivity index (χ1v) is 11.6. The zero-order valence-corrected chi connectivity index (χ0v) is 19.5. The van der Waals surface area contributed by atoms with Crippen LogP contribution in [-0.2, 0) is 19.2 Å². The van der Waals surface area contributed by atoms with Crippen LogP contribution >= 0.6 is 11.8 Å². The van der Waals surface area contributed by atoms with Gasteiger partial charge in [0.25, 0.3) is 0 Å². The SMILES string of the molecule is CSCCC(N)C(=O)NC(C(=O)NC(CCCN=C(N)N)C(=O)NC(CO)C(=O)O)C(C)O. The molecule has 12 N–H and O–H groups in total. The molecule has 3 amide bonds.